The van der Waals surface area contributed by atoms with E-state index in [2.05, 4.69) is 22.1 Å². The van der Waals surface area contributed by atoms with Gasteiger partial charge in [0, 0.05) is 39.1 Å². The number of carbonyl (C=O) groups excluding carboxylic acids is 1. The first-order valence-corrected chi connectivity index (χ1v) is 6.03. The van der Waals surface area contributed by atoms with Crippen LogP contribution >= 0.6 is 0 Å². The number of hydrogen-bond acceptors (Lipinski definition) is 3. The minimum absolute atomic E-state index is 0.261. The highest BCUT2D eigenvalue weighted by Crippen LogP contribution is 2.07. The molecule has 0 saturated carbocycles. The largest absolute Gasteiger partial charge is 0.332 e. The van der Waals surface area contributed by atoms with Crippen molar-refractivity contribution < 1.29 is 4.79 Å². The van der Waals surface area contributed by atoms with Gasteiger partial charge in [0.2, 0.25) is 5.91 Å². The zero-order valence-corrected chi connectivity index (χ0v) is 9.67. The van der Waals surface area contributed by atoms with Crippen molar-refractivity contribution in [2.75, 3.05) is 45.8 Å². The summed E-state index contributed by atoms with van der Waals surface area (Å²) in [5.41, 5.74) is 0. The Hall–Kier alpha value is -1.05. The third-order valence-corrected chi connectivity index (χ3v) is 3.08. The number of carbonyl (C=O) groups is 1. The van der Waals surface area contributed by atoms with Crippen molar-refractivity contribution in [2.24, 2.45) is 0 Å². The van der Waals surface area contributed by atoms with Crippen molar-refractivity contribution in [1.29, 1.82) is 0 Å². The fourth-order valence-electron chi connectivity index (χ4n) is 2.06. The summed E-state index contributed by atoms with van der Waals surface area (Å²) in [5.74, 6) is 6.52. The molecule has 1 amide bonds. The van der Waals surface area contributed by atoms with Crippen LogP contribution in [-0.4, -0.2) is 61.5 Å². The predicted molar refractivity (Wildman–Crippen MR) is 62.9 cm³/mol. The molecule has 0 spiro atoms. The molecular formula is C12H19N3O. The zero-order valence-electron chi connectivity index (χ0n) is 9.67. The number of hydrogen-bond donors (Lipinski definition) is 1. The topological polar surface area (TPSA) is 35.6 Å². The summed E-state index contributed by atoms with van der Waals surface area (Å²) in [4.78, 5) is 15.5. The van der Waals surface area contributed by atoms with E-state index >= 15 is 0 Å². The molecule has 2 aliphatic rings. The van der Waals surface area contributed by atoms with Crippen LogP contribution in [0.2, 0.25) is 0 Å². The Morgan fingerprint density at radius 3 is 2.56 bits per heavy atom. The second-order valence-corrected chi connectivity index (χ2v) is 4.30. The Balaban J connectivity index is 1.67. The van der Waals surface area contributed by atoms with Gasteiger partial charge in [-0.05, 0) is 6.42 Å². The Kier molecular flexibility index (Phi) is 4.20. The SMILES string of the molecule is O=C1CCCN1CC#CCN1CCNCC1. The maximum atomic E-state index is 11.3. The van der Waals surface area contributed by atoms with Gasteiger partial charge in [0.25, 0.3) is 0 Å². The van der Waals surface area contributed by atoms with E-state index in [1.54, 1.807) is 0 Å². The highest BCUT2D eigenvalue weighted by molar-refractivity contribution is 5.78. The fraction of sp³-hybridized carbons (Fsp3) is 0.750. The molecule has 88 valence electrons. The van der Waals surface area contributed by atoms with Gasteiger partial charge in [-0.2, -0.15) is 0 Å². The third kappa shape index (κ3) is 3.22. The van der Waals surface area contributed by atoms with Crippen molar-refractivity contribution in [3.63, 3.8) is 0 Å². The van der Waals surface area contributed by atoms with Crippen molar-refractivity contribution in [2.45, 2.75) is 12.8 Å². The van der Waals surface area contributed by atoms with Crippen LogP contribution in [0.25, 0.3) is 0 Å². The molecule has 0 atom stereocenters. The van der Waals surface area contributed by atoms with Crippen LogP contribution in [0.4, 0.5) is 0 Å². The molecule has 0 aromatic rings. The molecule has 2 aliphatic heterocycles. The molecule has 16 heavy (non-hydrogen) atoms. The van der Waals surface area contributed by atoms with Crippen molar-refractivity contribution >= 4 is 5.91 Å². The van der Waals surface area contributed by atoms with Gasteiger partial charge < -0.3 is 10.2 Å². The van der Waals surface area contributed by atoms with Gasteiger partial charge in [-0.3, -0.25) is 9.69 Å². The third-order valence-electron chi connectivity index (χ3n) is 3.08. The van der Waals surface area contributed by atoms with Gasteiger partial charge in [0.05, 0.1) is 13.1 Å². The van der Waals surface area contributed by atoms with E-state index in [9.17, 15) is 4.79 Å². The standard InChI is InChI=1S/C12H19N3O/c16-12-4-3-9-15(12)8-2-1-7-14-10-5-13-6-11-14/h13H,3-11H2. The quantitative estimate of drug-likeness (QED) is 0.640. The van der Waals surface area contributed by atoms with Gasteiger partial charge in [-0.1, -0.05) is 11.8 Å². The van der Waals surface area contributed by atoms with E-state index in [1.165, 1.54) is 0 Å². The van der Waals surface area contributed by atoms with Crippen molar-refractivity contribution in [1.82, 2.24) is 15.1 Å². The minimum Gasteiger partial charge on any atom is -0.332 e. The van der Waals surface area contributed by atoms with Crippen LogP contribution in [0.1, 0.15) is 12.8 Å². The smallest absolute Gasteiger partial charge is 0.223 e. The number of nitrogens with zero attached hydrogens (tertiary/aromatic N) is 2. The molecular weight excluding hydrogens is 202 g/mol. The molecule has 2 saturated heterocycles. The number of likely N-dealkylation sites (tertiary alicyclic amines) is 1. The molecule has 2 fully saturated rings. The lowest BCUT2D eigenvalue weighted by molar-refractivity contribution is -0.127. The van der Waals surface area contributed by atoms with E-state index in [0.29, 0.717) is 13.0 Å². The number of nitrogens with one attached hydrogen (secondary N) is 1. The van der Waals surface area contributed by atoms with Crippen molar-refractivity contribution in [3.8, 4) is 11.8 Å². The lowest BCUT2D eigenvalue weighted by Gasteiger charge is -2.24. The summed E-state index contributed by atoms with van der Waals surface area (Å²) in [6.45, 7) is 6.63. The lowest BCUT2D eigenvalue weighted by atomic mass is 10.3. The van der Waals surface area contributed by atoms with Gasteiger partial charge in [-0.25, -0.2) is 0 Å². The minimum atomic E-state index is 0.261. The lowest BCUT2D eigenvalue weighted by Crippen LogP contribution is -2.43. The number of piperazine rings is 1. The molecule has 0 unspecified atom stereocenters. The Bertz CT molecular complexity index is 299. The maximum absolute atomic E-state index is 11.3. The fourth-order valence-corrected chi connectivity index (χ4v) is 2.06. The highest BCUT2D eigenvalue weighted by atomic mass is 16.2. The Morgan fingerprint density at radius 1 is 1.12 bits per heavy atom. The number of rotatable bonds is 2. The molecule has 4 heteroatoms. The van der Waals surface area contributed by atoms with E-state index in [1.807, 2.05) is 4.90 Å². The van der Waals surface area contributed by atoms with Crippen LogP contribution in [0.15, 0.2) is 0 Å². The normalized spacial score (nSPS) is 22.0. The van der Waals surface area contributed by atoms with Crippen LogP contribution in [-0.2, 0) is 4.79 Å². The monoisotopic (exact) mass is 221 g/mol. The van der Waals surface area contributed by atoms with E-state index in [0.717, 1.165) is 45.7 Å². The van der Waals surface area contributed by atoms with Crippen molar-refractivity contribution in [3.05, 3.63) is 0 Å². The molecule has 0 aromatic carbocycles. The molecule has 2 heterocycles. The van der Waals surface area contributed by atoms with Gasteiger partial charge in [-0.15, -0.1) is 0 Å². The molecule has 2 rings (SSSR count). The Labute approximate surface area is 97.0 Å². The Morgan fingerprint density at radius 2 is 1.88 bits per heavy atom. The van der Waals surface area contributed by atoms with Crippen LogP contribution < -0.4 is 5.32 Å². The van der Waals surface area contributed by atoms with Gasteiger partial charge >= 0.3 is 0 Å². The van der Waals surface area contributed by atoms with Crippen LogP contribution in [0.3, 0.4) is 0 Å². The van der Waals surface area contributed by atoms with Crippen LogP contribution in [0, 0.1) is 11.8 Å². The average molecular weight is 221 g/mol. The second kappa shape index (κ2) is 5.88. The first kappa shape index (κ1) is 11.4. The summed E-state index contributed by atoms with van der Waals surface area (Å²) in [5, 5.41) is 3.31. The number of amides is 1. The van der Waals surface area contributed by atoms with Gasteiger partial charge in [0.1, 0.15) is 0 Å². The van der Waals surface area contributed by atoms with Crippen LogP contribution in [0.5, 0.6) is 0 Å². The summed E-state index contributed by atoms with van der Waals surface area (Å²) in [6.07, 6.45) is 1.71. The average Bonchev–Trinajstić information content (AvgIpc) is 2.72. The predicted octanol–water partition coefficient (Wildman–Crippen LogP) is -0.483. The maximum Gasteiger partial charge on any atom is 0.223 e. The van der Waals surface area contributed by atoms with E-state index in [-0.39, 0.29) is 5.91 Å². The molecule has 0 aromatic heterocycles. The van der Waals surface area contributed by atoms with Gasteiger partial charge in [0.15, 0.2) is 0 Å². The summed E-state index contributed by atoms with van der Waals surface area (Å²) in [6, 6.07) is 0. The van der Waals surface area contributed by atoms with E-state index < -0.39 is 0 Å². The molecule has 4 nitrogen and oxygen atoms in total. The zero-order chi connectivity index (χ0) is 11.2. The first-order valence-electron chi connectivity index (χ1n) is 6.03. The van der Waals surface area contributed by atoms with E-state index in [4.69, 9.17) is 0 Å². The molecule has 1 N–H and O–H groups in total. The highest BCUT2D eigenvalue weighted by Gasteiger charge is 2.18. The molecule has 0 radical (unpaired) electrons. The summed E-state index contributed by atoms with van der Waals surface area (Å²) >= 11 is 0. The first-order chi connectivity index (χ1) is 7.86. The summed E-state index contributed by atoms with van der Waals surface area (Å²) < 4.78 is 0. The second-order valence-electron chi connectivity index (χ2n) is 4.30. The molecule has 0 aliphatic carbocycles. The molecule has 0 bridgehead atoms. The summed E-state index contributed by atoms with van der Waals surface area (Å²) in [7, 11) is 0.